The molecule has 0 N–H and O–H groups in total. The minimum Gasteiger partial charge on any atom is -0.375 e. The van der Waals surface area contributed by atoms with Gasteiger partial charge in [-0.05, 0) is 25.7 Å². The van der Waals surface area contributed by atoms with Crippen LogP contribution in [0.4, 0.5) is 0 Å². The molecule has 1 aliphatic heterocycles. The molecule has 0 aromatic carbocycles. The fourth-order valence-electron chi connectivity index (χ4n) is 2.08. The number of hydrogen-bond donors (Lipinski definition) is 0. The summed E-state index contributed by atoms with van der Waals surface area (Å²) in [5.41, 5.74) is 0. The molecule has 0 amide bonds. The largest absolute Gasteiger partial charge is 0.503 e. The summed E-state index contributed by atoms with van der Waals surface area (Å²) in [4.78, 5) is 0. The van der Waals surface area contributed by atoms with Gasteiger partial charge >= 0.3 is 8.80 Å². The van der Waals surface area contributed by atoms with Gasteiger partial charge < -0.3 is 22.8 Å². The predicted molar refractivity (Wildman–Crippen MR) is 89.1 cm³/mol. The Bertz CT molecular complexity index is 251. The lowest BCUT2D eigenvalue weighted by Crippen LogP contribution is -2.49. The first-order valence-electron chi connectivity index (χ1n) is 8.84. The van der Waals surface area contributed by atoms with Gasteiger partial charge in [-0.3, -0.25) is 0 Å². The average Bonchev–Trinajstić information content (AvgIpc) is 3.36. The van der Waals surface area contributed by atoms with Crippen molar-refractivity contribution in [3.05, 3.63) is 0 Å². The van der Waals surface area contributed by atoms with E-state index in [0.717, 1.165) is 38.3 Å². The third-order valence-electron chi connectivity index (χ3n) is 3.43. The number of rotatable bonds is 15. The van der Waals surface area contributed by atoms with Crippen LogP contribution in [0.15, 0.2) is 0 Å². The molecular weight excluding hydrogens is 300 g/mol. The highest BCUT2D eigenvalue weighted by molar-refractivity contribution is 6.60. The van der Waals surface area contributed by atoms with Crippen molar-refractivity contribution in [3.8, 4) is 0 Å². The molecule has 1 saturated heterocycles. The third-order valence-corrected chi connectivity index (χ3v) is 6.32. The zero-order chi connectivity index (χ0) is 16.3. The maximum absolute atomic E-state index is 6.12. The second-order valence-electron chi connectivity index (χ2n) is 5.75. The molecule has 2 unspecified atom stereocenters. The minimum atomic E-state index is -2.66. The lowest BCUT2D eigenvalue weighted by Gasteiger charge is -2.32. The van der Waals surface area contributed by atoms with E-state index in [0.29, 0.717) is 26.4 Å². The van der Waals surface area contributed by atoms with Crippen molar-refractivity contribution in [2.45, 2.75) is 71.6 Å². The van der Waals surface area contributed by atoms with Crippen LogP contribution < -0.4 is 0 Å². The predicted octanol–water partition coefficient (Wildman–Crippen LogP) is 3.40. The second-order valence-corrected chi connectivity index (χ2v) is 8.39. The summed E-state index contributed by atoms with van der Waals surface area (Å²) in [6, 6.07) is 0.732. The monoisotopic (exact) mass is 334 g/mol. The van der Waals surface area contributed by atoms with Crippen LogP contribution in [0.25, 0.3) is 0 Å². The van der Waals surface area contributed by atoms with Crippen molar-refractivity contribution in [2.75, 3.05) is 33.0 Å². The van der Waals surface area contributed by atoms with Gasteiger partial charge in [0.1, 0.15) is 6.10 Å². The van der Waals surface area contributed by atoms with Gasteiger partial charge in [-0.25, -0.2) is 0 Å². The molecule has 5 nitrogen and oxygen atoms in total. The van der Waals surface area contributed by atoms with Crippen molar-refractivity contribution in [1.29, 1.82) is 0 Å². The van der Waals surface area contributed by atoms with E-state index in [4.69, 9.17) is 22.8 Å². The summed E-state index contributed by atoms with van der Waals surface area (Å²) < 4.78 is 29.6. The summed E-state index contributed by atoms with van der Waals surface area (Å²) in [7, 11) is -2.66. The molecule has 1 aliphatic rings. The molecule has 6 heteroatoms. The summed E-state index contributed by atoms with van der Waals surface area (Å²) in [5.74, 6) is 0. The Kier molecular flexibility index (Phi) is 10.5. The second kappa shape index (κ2) is 11.5. The summed E-state index contributed by atoms with van der Waals surface area (Å²) in [6.07, 6.45) is 4.23. The van der Waals surface area contributed by atoms with Gasteiger partial charge in [0, 0.05) is 25.9 Å². The van der Waals surface area contributed by atoms with E-state index in [1.165, 1.54) is 0 Å². The van der Waals surface area contributed by atoms with Gasteiger partial charge in [0.15, 0.2) is 0 Å². The molecule has 1 heterocycles. The Morgan fingerprint density at radius 2 is 1.45 bits per heavy atom. The van der Waals surface area contributed by atoms with Crippen molar-refractivity contribution < 1.29 is 22.8 Å². The molecule has 1 rings (SSSR count). The van der Waals surface area contributed by atoms with E-state index in [9.17, 15) is 0 Å². The highest BCUT2D eigenvalue weighted by Gasteiger charge is 2.43. The summed E-state index contributed by atoms with van der Waals surface area (Å²) in [6.45, 7) is 12.0. The van der Waals surface area contributed by atoms with E-state index in [1.54, 1.807) is 0 Å². The van der Waals surface area contributed by atoms with Gasteiger partial charge in [-0.15, -0.1) is 0 Å². The molecule has 132 valence electrons. The number of hydrogen-bond acceptors (Lipinski definition) is 5. The van der Waals surface area contributed by atoms with E-state index < -0.39 is 8.80 Å². The van der Waals surface area contributed by atoms with Crippen LogP contribution in [-0.2, 0) is 22.8 Å². The van der Waals surface area contributed by atoms with Crippen LogP contribution in [0.5, 0.6) is 0 Å². The number of epoxide rings is 1. The van der Waals surface area contributed by atoms with Gasteiger partial charge in [0.25, 0.3) is 0 Å². The average molecular weight is 335 g/mol. The maximum Gasteiger partial charge on any atom is 0.503 e. The highest BCUT2D eigenvalue weighted by Crippen LogP contribution is 2.23. The standard InChI is InChI=1S/C16H34O5Si/c1-5-9-19-22(20-10-6-2,21-11-7-3)14-15(8-4)17-12-16-13-18-16/h15-16H,5-14H2,1-4H3. The molecule has 0 aromatic rings. The molecule has 0 saturated carbocycles. The molecule has 0 radical (unpaired) electrons. The van der Waals surface area contributed by atoms with E-state index in [2.05, 4.69) is 27.7 Å². The van der Waals surface area contributed by atoms with E-state index in [1.807, 2.05) is 0 Å². The molecule has 1 fully saturated rings. The van der Waals surface area contributed by atoms with Crippen molar-refractivity contribution >= 4 is 8.80 Å². The highest BCUT2D eigenvalue weighted by atomic mass is 28.4. The van der Waals surface area contributed by atoms with Crippen LogP contribution >= 0.6 is 0 Å². The van der Waals surface area contributed by atoms with Crippen LogP contribution in [0, 0.1) is 0 Å². The smallest absolute Gasteiger partial charge is 0.375 e. The molecule has 0 bridgehead atoms. The summed E-state index contributed by atoms with van der Waals surface area (Å²) >= 11 is 0. The Morgan fingerprint density at radius 3 is 1.82 bits per heavy atom. The van der Waals surface area contributed by atoms with Crippen molar-refractivity contribution in [2.24, 2.45) is 0 Å². The fourth-order valence-corrected chi connectivity index (χ4v) is 5.20. The third kappa shape index (κ3) is 8.03. The van der Waals surface area contributed by atoms with Crippen LogP contribution in [0.1, 0.15) is 53.4 Å². The molecule has 2 atom stereocenters. The van der Waals surface area contributed by atoms with Crippen LogP contribution in [-0.4, -0.2) is 54.0 Å². The van der Waals surface area contributed by atoms with Gasteiger partial charge in [-0.1, -0.05) is 27.7 Å². The lowest BCUT2D eigenvalue weighted by molar-refractivity contribution is 0.0148. The van der Waals surface area contributed by atoms with Crippen LogP contribution in [0.2, 0.25) is 6.04 Å². The first kappa shape index (κ1) is 20.1. The number of ether oxygens (including phenoxy) is 2. The SMILES string of the molecule is CCCO[Si](CC(CC)OCC1CO1)(OCCC)OCCC. The maximum atomic E-state index is 6.12. The Labute approximate surface area is 137 Å². The molecule has 0 aromatic heterocycles. The van der Waals surface area contributed by atoms with Crippen molar-refractivity contribution in [3.63, 3.8) is 0 Å². The van der Waals surface area contributed by atoms with E-state index >= 15 is 0 Å². The quantitative estimate of drug-likeness (QED) is 0.339. The Morgan fingerprint density at radius 1 is 0.955 bits per heavy atom. The van der Waals surface area contributed by atoms with Crippen molar-refractivity contribution in [1.82, 2.24) is 0 Å². The van der Waals surface area contributed by atoms with Crippen LogP contribution in [0.3, 0.4) is 0 Å². The first-order chi connectivity index (χ1) is 10.7. The Balaban J connectivity index is 2.62. The normalized spacial score (nSPS) is 19.4. The zero-order valence-electron chi connectivity index (χ0n) is 14.8. The van der Waals surface area contributed by atoms with Gasteiger partial charge in [0.05, 0.1) is 19.3 Å². The Hall–Kier alpha value is 0.0169. The molecular formula is C16H34O5Si. The van der Waals surface area contributed by atoms with E-state index in [-0.39, 0.29) is 12.2 Å². The molecule has 0 aliphatic carbocycles. The zero-order valence-corrected chi connectivity index (χ0v) is 15.8. The molecule has 0 spiro atoms. The molecule has 22 heavy (non-hydrogen) atoms. The minimum absolute atomic E-state index is 0.112. The lowest BCUT2D eigenvalue weighted by atomic mass is 10.3. The first-order valence-corrected chi connectivity index (χ1v) is 10.8. The summed E-state index contributed by atoms with van der Waals surface area (Å²) in [5, 5.41) is 0. The topological polar surface area (TPSA) is 49.5 Å². The fraction of sp³-hybridized carbons (Fsp3) is 1.00. The van der Waals surface area contributed by atoms with Gasteiger partial charge in [-0.2, -0.15) is 0 Å². The van der Waals surface area contributed by atoms with Gasteiger partial charge in [0.2, 0.25) is 0 Å².